The smallest absolute Gasteiger partial charge is 0.224 e. The van der Waals surface area contributed by atoms with Gasteiger partial charge in [-0.25, -0.2) is 14.4 Å². The van der Waals surface area contributed by atoms with E-state index in [2.05, 4.69) is 20.2 Å². The van der Waals surface area contributed by atoms with Crippen molar-refractivity contribution in [3.8, 4) is 0 Å². The molecule has 1 saturated heterocycles. The zero-order valence-corrected chi connectivity index (χ0v) is 15.2. The molecule has 0 aliphatic carbocycles. The van der Waals surface area contributed by atoms with Gasteiger partial charge in [-0.15, -0.1) is 11.3 Å². The van der Waals surface area contributed by atoms with Crippen molar-refractivity contribution < 1.29 is 4.39 Å². The van der Waals surface area contributed by atoms with E-state index in [1.54, 1.807) is 12.1 Å². The molecule has 7 heteroatoms. The molecule has 1 aromatic carbocycles. The van der Waals surface area contributed by atoms with Crippen molar-refractivity contribution in [1.82, 2.24) is 14.9 Å². The summed E-state index contributed by atoms with van der Waals surface area (Å²) in [4.78, 5) is 12.2. The van der Waals surface area contributed by atoms with E-state index in [4.69, 9.17) is 11.6 Å². The maximum Gasteiger partial charge on any atom is 0.224 e. The SMILES string of the molecule is Fc1cccc(CN2CCC(Nc3ncc4cc(Cl)sc4n3)CC2)c1. The van der Waals surface area contributed by atoms with Gasteiger partial charge < -0.3 is 5.32 Å². The molecular weight excluding hydrogens is 359 g/mol. The van der Waals surface area contributed by atoms with E-state index < -0.39 is 0 Å². The molecule has 3 aromatic rings. The van der Waals surface area contributed by atoms with Gasteiger partial charge >= 0.3 is 0 Å². The van der Waals surface area contributed by atoms with Crippen molar-refractivity contribution in [3.63, 3.8) is 0 Å². The van der Waals surface area contributed by atoms with Gasteiger partial charge in [0.1, 0.15) is 10.6 Å². The number of fused-ring (bicyclic) bond motifs is 1. The molecule has 4 rings (SSSR count). The van der Waals surface area contributed by atoms with Crippen LogP contribution in [-0.4, -0.2) is 34.0 Å². The van der Waals surface area contributed by atoms with Crippen LogP contribution in [0.2, 0.25) is 4.34 Å². The largest absolute Gasteiger partial charge is 0.351 e. The Balaban J connectivity index is 1.33. The summed E-state index contributed by atoms with van der Waals surface area (Å²) in [5.41, 5.74) is 1.02. The van der Waals surface area contributed by atoms with E-state index in [9.17, 15) is 4.39 Å². The molecule has 0 saturated carbocycles. The predicted molar refractivity (Wildman–Crippen MR) is 101 cm³/mol. The number of nitrogens with zero attached hydrogens (tertiary/aromatic N) is 3. The number of hydrogen-bond acceptors (Lipinski definition) is 5. The van der Waals surface area contributed by atoms with Crippen molar-refractivity contribution in [3.05, 3.63) is 52.2 Å². The summed E-state index contributed by atoms with van der Waals surface area (Å²) >= 11 is 7.49. The highest BCUT2D eigenvalue weighted by Gasteiger charge is 2.20. The van der Waals surface area contributed by atoms with Gasteiger partial charge in [0.15, 0.2) is 0 Å². The zero-order valence-electron chi connectivity index (χ0n) is 13.6. The molecule has 0 bridgehead atoms. The highest BCUT2D eigenvalue weighted by Crippen LogP contribution is 2.28. The predicted octanol–water partition coefficient (Wildman–Crippen LogP) is 4.56. The molecule has 1 N–H and O–H groups in total. The summed E-state index contributed by atoms with van der Waals surface area (Å²) < 4.78 is 14.0. The van der Waals surface area contributed by atoms with Gasteiger partial charge in [-0.1, -0.05) is 23.7 Å². The third-order valence-electron chi connectivity index (χ3n) is 4.46. The van der Waals surface area contributed by atoms with Crippen molar-refractivity contribution in [1.29, 1.82) is 0 Å². The third kappa shape index (κ3) is 4.08. The average Bonchev–Trinajstić information content (AvgIpc) is 2.96. The molecule has 0 radical (unpaired) electrons. The lowest BCUT2D eigenvalue weighted by Crippen LogP contribution is -2.38. The fourth-order valence-corrected chi connectivity index (χ4v) is 4.25. The first-order valence-corrected chi connectivity index (χ1v) is 9.50. The quantitative estimate of drug-likeness (QED) is 0.724. The highest BCUT2D eigenvalue weighted by molar-refractivity contribution is 7.22. The van der Waals surface area contributed by atoms with Crippen LogP contribution >= 0.6 is 22.9 Å². The molecule has 4 nitrogen and oxygen atoms in total. The standard InChI is InChI=1S/C18H18ClFN4S/c19-16-9-13-10-21-18(23-17(13)25-16)22-15-4-6-24(7-5-15)11-12-2-1-3-14(20)8-12/h1-3,8-10,15H,4-7,11H2,(H,21,22,23). The second-order valence-corrected chi connectivity index (χ2v) is 7.99. The molecule has 1 fully saturated rings. The Hall–Kier alpha value is -1.76. The molecule has 130 valence electrons. The molecule has 1 aliphatic heterocycles. The van der Waals surface area contributed by atoms with Gasteiger partial charge in [-0.05, 0) is 36.6 Å². The number of piperidine rings is 1. The Kier molecular flexibility index (Phi) is 4.83. The van der Waals surface area contributed by atoms with E-state index in [-0.39, 0.29) is 5.82 Å². The van der Waals surface area contributed by atoms with E-state index >= 15 is 0 Å². The van der Waals surface area contributed by atoms with E-state index in [1.165, 1.54) is 17.4 Å². The van der Waals surface area contributed by atoms with Crippen LogP contribution < -0.4 is 5.32 Å². The number of thiophene rings is 1. The van der Waals surface area contributed by atoms with Crippen LogP contribution in [0.25, 0.3) is 10.2 Å². The number of anilines is 1. The maximum atomic E-state index is 13.3. The van der Waals surface area contributed by atoms with Crippen molar-refractivity contribution in [2.75, 3.05) is 18.4 Å². The molecule has 1 aliphatic rings. The Labute approximate surface area is 154 Å². The number of aromatic nitrogens is 2. The molecule has 0 amide bonds. The Morgan fingerprint density at radius 3 is 2.92 bits per heavy atom. The number of hydrogen-bond donors (Lipinski definition) is 1. The summed E-state index contributed by atoms with van der Waals surface area (Å²) in [6, 6.07) is 9.08. The van der Waals surface area contributed by atoms with E-state index in [0.29, 0.717) is 12.0 Å². The van der Waals surface area contributed by atoms with Crippen LogP contribution in [-0.2, 0) is 6.54 Å². The van der Waals surface area contributed by atoms with Crippen LogP contribution in [0.1, 0.15) is 18.4 Å². The number of benzene rings is 1. The van der Waals surface area contributed by atoms with Crippen LogP contribution in [0.3, 0.4) is 0 Å². The van der Waals surface area contributed by atoms with Crippen molar-refractivity contribution in [2.24, 2.45) is 0 Å². The number of nitrogens with one attached hydrogen (secondary N) is 1. The first kappa shape index (κ1) is 16.7. The molecule has 0 atom stereocenters. The van der Waals surface area contributed by atoms with E-state index in [0.717, 1.165) is 52.6 Å². The average molecular weight is 377 g/mol. The second-order valence-electron chi connectivity index (χ2n) is 6.33. The van der Waals surface area contributed by atoms with Crippen LogP contribution in [0.5, 0.6) is 0 Å². The van der Waals surface area contributed by atoms with Gasteiger partial charge in [-0.2, -0.15) is 0 Å². The molecule has 3 heterocycles. The molecular formula is C18H18ClFN4S. The summed E-state index contributed by atoms with van der Waals surface area (Å²) in [7, 11) is 0. The van der Waals surface area contributed by atoms with Gasteiger partial charge in [0.25, 0.3) is 0 Å². The van der Waals surface area contributed by atoms with Crippen molar-refractivity contribution >= 4 is 39.1 Å². The molecule has 0 spiro atoms. The lowest BCUT2D eigenvalue weighted by atomic mass is 10.0. The van der Waals surface area contributed by atoms with Gasteiger partial charge in [0, 0.05) is 37.3 Å². The summed E-state index contributed by atoms with van der Waals surface area (Å²) in [5.74, 6) is 0.491. The zero-order chi connectivity index (χ0) is 17.2. The lowest BCUT2D eigenvalue weighted by Gasteiger charge is -2.32. The Morgan fingerprint density at radius 2 is 2.12 bits per heavy atom. The number of likely N-dealkylation sites (tertiary alicyclic amines) is 1. The molecule has 2 aromatic heterocycles. The summed E-state index contributed by atoms with van der Waals surface area (Å²) in [6.07, 6.45) is 3.84. The molecule has 25 heavy (non-hydrogen) atoms. The second kappa shape index (κ2) is 7.23. The first-order valence-electron chi connectivity index (χ1n) is 8.31. The van der Waals surface area contributed by atoms with Crippen LogP contribution in [0, 0.1) is 5.82 Å². The minimum atomic E-state index is -0.171. The maximum absolute atomic E-state index is 13.3. The minimum absolute atomic E-state index is 0.171. The summed E-state index contributed by atoms with van der Waals surface area (Å²) in [6.45, 7) is 2.74. The fraction of sp³-hybridized carbons (Fsp3) is 0.333. The fourth-order valence-electron chi connectivity index (χ4n) is 3.18. The molecule has 0 unspecified atom stereocenters. The van der Waals surface area contributed by atoms with Crippen LogP contribution in [0.15, 0.2) is 36.5 Å². The van der Waals surface area contributed by atoms with Crippen molar-refractivity contribution in [2.45, 2.75) is 25.4 Å². The Morgan fingerprint density at radius 1 is 1.28 bits per heavy atom. The summed E-state index contributed by atoms with van der Waals surface area (Å²) in [5, 5.41) is 4.41. The third-order valence-corrected chi connectivity index (χ3v) is 5.63. The van der Waals surface area contributed by atoms with Gasteiger partial charge in [0.2, 0.25) is 5.95 Å². The minimum Gasteiger partial charge on any atom is -0.351 e. The topological polar surface area (TPSA) is 41.0 Å². The van der Waals surface area contributed by atoms with Gasteiger partial charge in [0.05, 0.1) is 4.34 Å². The van der Waals surface area contributed by atoms with Crippen LogP contribution in [0.4, 0.5) is 10.3 Å². The first-order chi connectivity index (χ1) is 12.2. The lowest BCUT2D eigenvalue weighted by molar-refractivity contribution is 0.211. The Bertz CT molecular complexity index is 876. The number of rotatable bonds is 4. The highest BCUT2D eigenvalue weighted by atomic mass is 35.5. The monoisotopic (exact) mass is 376 g/mol. The van der Waals surface area contributed by atoms with Gasteiger partial charge in [-0.3, -0.25) is 4.90 Å². The van der Waals surface area contributed by atoms with E-state index in [1.807, 2.05) is 18.3 Å². The number of halogens is 2. The normalized spacial score (nSPS) is 16.4.